The van der Waals surface area contributed by atoms with E-state index in [-0.39, 0.29) is 5.56 Å². The Morgan fingerprint density at radius 1 is 1.00 bits per heavy atom. The van der Waals surface area contributed by atoms with E-state index in [0.29, 0.717) is 16.9 Å². The van der Waals surface area contributed by atoms with Crippen LogP contribution in [-0.2, 0) is 10.9 Å². The minimum Gasteiger partial charge on any atom is -0.497 e. The lowest BCUT2D eigenvalue weighted by Crippen LogP contribution is -2.10. The molecule has 3 nitrogen and oxygen atoms in total. The molecule has 0 heterocycles. The Morgan fingerprint density at radius 2 is 1.64 bits per heavy atom. The maximum atomic E-state index is 12.8. The zero-order chi connectivity index (χ0) is 16.3. The zero-order valence-electron chi connectivity index (χ0n) is 11.9. The molecule has 6 heteroatoms. The number of carbonyl (C=O) groups excluding carboxylic acids is 1. The number of esters is 1. The quantitative estimate of drug-likeness (QED) is 0.798. The van der Waals surface area contributed by atoms with Gasteiger partial charge in [0.1, 0.15) is 5.75 Å². The highest BCUT2D eigenvalue weighted by atomic mass is 19.4. The monoisotopic (exact) mass is 310 g/mol. The molecule has 0 N–H and O–H groups in total. The van der Waals surface area contributed by atoms with Crippen molar-refractivity contribution in [3.8, 4) is 16.9 Å². The summed E-state index contributed by atoms with van der Waals surface area (Å²) in [6.07, 6.45) is -4.53. The second-order valence-electron chi connectivity index (χ2n) is 4.48. The highest BCUT2D eigenvalue weighted by molar-refractivity contribution is 5.97. The van der Waals surface area contributed by atoms with Crippen LogP contribution in [0.3, 0.4) is 0 Å². The average Bonchev–Trinajstić information content (AvgIpc) is 2.52. The van der Waals surface area contributed by atoms with Gasteiger partial charge in [-0.2, -0.15) is 13.2 Å². The molecule has 0 atom stereocenters. The van der Waals surface area contributed by atoms with E-state index < -0.39 is 17.7 Å². The lowest BCUT2D eigenvalue weighted by atomic mass is 9.97. The third-order valence-corrected chi connectivity index (χ3v) is 3.15. The van der Waals surface area contributed by atoms with Gasteiger partial charge in [-0.05, 0) is 35.4 Å². The summed E-state index contributed by atoms with van der Waals surface area (Å²) < 4.78 is 48.0. The van der Waals surface area contributed by atoms with Crippen molar-refractivity contribution in [1.29, 1.82) is 0 Å². The lowest BCUT2D eigenvalue weighted by Gasteiger charge is -2.13. The van der Waals surface area contributed by atoms with Crippen molar-refractivity contribution in [3.63, 3.8) is 0 Å². The Labute approximate surface area is 125 Å². The normalized spacial score (nSPS) is 11.1. The Morgan fingerprint density at radius 3 is 2.14 bits per heavy atom. The van der Waals surface area contributed by atoms with Crippen LogP contribution in [0, 0.1) is 0 Å². The number of methoxy groups -OCH3 is 2. The molecule has 2 rings (SSSR count). The fraction of sp³-hybridized carbons (Fsp3) is 0.188. The van der Waals surface area contributed by atoms with Crippen molar-refractivity contribution < 1.29 is 27.4 Å². The van der Waals surface area contributed by atoms with Crippen LogP contribution in [0.2, 0.25) is 0 Å². The van der Waals surface area contributed by atoms with Crippen molar-refractivity contribution >= 4 is 5.97 Å². The molecule has 0 radical (unpaired) electrons. The topological polar surface area (TPSA) is 35.5 Å². The number of ether oxygens (including phenoxy) is 2. The van der Waals surface area contributed by atoms with Crippen molar-refractivity contribution in [2.75, 3.05) is 14.2 Å². The van der Waals surface area contributed by atoms with E-state index in [1.165, 1.54) is 13.2 Å². The SMILES string of the molecule is COC(=O)c1cc(C(F)(F)F)ccc1-c1ccc(OC)cc1. The van der Waals surface area contributed by atoms with Gasteiger partial charge in [0.15, 0.2) is 0 Å². The smallest absolute Gasteiger partial charge is 0.416 e. The molecule has 0 spiro atoms. The largest absolute Gasteiger partial charge is 0.497 e. The van der Waals surface area contributed by atoms with Gasteiger partial charge in [-0.25, -0.2) is 4.79 Å². The van der Waals surface area contributed by atoms with Crippen LogP contribution in [0.15, 0.2) is 42.5 Å². The predicted octanol–water partition coefficient (Wildman–Crippen LogP) is 4.17. The third kappa shape index (κ3) is 3.21. The van der Waals surface area contributed by atoms with Crippen molar-refractivity contribution in [3.05, 3.63) is 53.6 Å². The molecule has 0 fully saturated rings. The molecule has 0 amide bonds. The Hall–Kier alpha value is -2.50. The maximum Gasteiger partial charge on any atom is 0.416 e. The van der Waals surface area contributed by atoms with Gasteiger partial charge in [0.2, 0.25) is 0 Å². The molecule has 0 aliphatic carbocycles. The minimum absolute atomic E-state index is 0.137. The summed E-state index contributed by atoms with van der Waals surface area (Å²) in [5.74, 6) is -0.216. The van der Waals surface area contributed by atoms with E-state index >= 15 is 0 Å². The molecular weight excluding hydrogens is 297 g/mol. The first-order valence-corrected chi connectivity index (χ1v) is 6.31. The molecule has 0 aliphatic heterocycles. The van der Waals surface area contributed by atoms with Crippen molar-refractivity contribution in [2.45, 2.75) is 6.18 Å². The summed E-state index contributed by atoms with van der Waals surface area (Å²) in [4.78, 5) is 11.8. The summed E-state index contributed by atoms with van der Waals surface area (Å²) in [7, 11) is 2.63. The maximum absolute atomic E-state index is 12.8. The molecule has 0 bridgehead atoms. The van der Waals surface area contributed by atoms with Gasteiger partial charge in [0.25, 0.3) is 0 Å². The van der Waals surface area contributed by atoms with Gasteiger partial charge >= 0.3 is 12.1 Å². The number of benzene rings is 2. The van der Waals surface area contributed by atoms with Gasteiger partial charge < -0.3 is 9.47 Å². The van der Waals surface area contributed by atoms with E-state index in [1.54, 1.807) is 24.3 Å². The summed E-state index contributed by atoms with van der Waals surface area (Å²) in [5.41, 5.74) is -0.0786. The molecule has 2 aromatic carbocycles. The van der Waals surface area contributed by atoms with E-state index in [4.69, 9.17) is 4.74 Å². The number of hydrogen-bond acceptors (Lipinski definition) is 3. The van der Waals surface area contributed by atoms with Crippen LogP contribution in [0.25, 0.3) is 11.1 Å². The third-order valence-electron chi connectivity index (χ3n) is 3.15. The molecule has 0 unspecified atom stereocenters. The molecule has 22 heavy (non-hydrogen) atoms. The number of hydrogen-bond donors (Lipinski definition) is 0. The fourth-order valence-corrected chi connectivity index (χ4v) is 2.02. The first-order chi connectivity index (χ1) is 10.4. The molecule has 0 aliphatic rings. The summed E-state index contributed by atoms with van der Waals surface area (Å²) >= 11 is 0. The average molecular weight is 310 g/mol. The van der Waals surface area contributed by atoms with E-state index in [9.17, 15) is 18.0 Å². The highest BCUT2D eigenvalue weighted by Gasteiger charge is 2.32. The fourth-order valence-electron chi connectivity index (χ4n) is 2.02. The van der Waals surface area contributed by atoms with Gasteiger partial charge in [0.05, 0.1) is 25.3 Å². The Balaban J connectivity index is 2.56. The summed E-state index contributed by atoms with van der Waals surface area (Å²) in [6.45, 7) is 0. The Bertz CT molecular complexity index is 676. The van der Waals surface area contributed by atoms with Crippen molar-refractivity contribution in [2.24, 2.45) is 0 Å². The van der Waals surface area contributed by atoms with Crippen LogP contribution in [0.4, 0.5) is 13.2 Å². The van der Waals surface area contributed by atoms with Gasteiger partial charge in [0, 0.05) is 0 Å². The Kier molecular flexibility index (Phi) is 4.40. The molecular formula is C16H13F3O3. The van der Waals surface area contributed by atoms with Crippen LogP contribution < -0.4 is 4.74 Å². The molecule has 2 aromatic rings. The lowest BCUT2D eigenvalue weighted by molar-refractivity contribution is -0.137. The first kappa shape index (κ1) is 15.9. The van der Waals surface area contributed by atoms with Gasteiger partial charge in [-0.15, -0.1) is 0 Å². The first-order valence-electron chi connectivity index (χ1n) is 6.31. The van der Waals surface area contributed by atoms with Gasteiger partial charge in [-0.1, -0.05) is 18.2 Å². The molecule has 0 aromatic heterocycles. The van der Waals surface area contributed by atoms with E-state index in [1.807, 2.05) is 0 Å². The number of alkyl halides is 3. The summed E-state index contributed by atoms with van der Waals surface area (Å²) in [5, 5.41) is 0. The van der Waals surface area contributed by atoms with Crippen LogP contribution in [0.5, 0.6) is 5.75 Å². The number of carbonyl (C=O) groups is 1. The molecule has 0 saturated carbocycles. The van der Waals surface area contributed by atoms with E-state index in [0.717, 1.165) is 19.2 Å². The molecule has 116 valence electrons. The second-order valence-corrected chi connectivity index (χ2v) is 4.48. The van der Waals surface area contributed by atoms with Crippen LogP contribution in [0.1, 0.15) is 15.9 Å². The van der Waals surface area contributed by atoms with Crippen molar-refractivity contribution in [1.82, 2.24) is 0 Å². The van der Waals surface area contributed by atoms with Gasteiger partial charge in [-0.3, -0.25) is 0 Å². The zero-order valence-corrected chi connectivity index (χ0v) is 11.9. The highest BCUT2D eigenvalue weighted by Crippen LogP contribution is 2.34. The van der Waals surface area contributed by atoms with Crippen LogP contribution >= 0.6 is 0 Å². The van der Waals surface area contributed by atoms with Crippen LogP contribution in [-0.4, -0.2) is 20.2 Å². The van der Waals surface area contributed by atoms with E-state index in [2.05, 4.69) is 4.74 Å². The molecule has 0 saturated heterocycles. The standard InChI is InChI=1S/C16H13F3O3/c1-21-12-6-3-10(4-7-12)13-8-5-11(16(17,18)19)9-14(13)15(20)22-2/h3-9H,1-2H3. The number of rotatable bonds is 3. The second kappa shape index (κ2) is 6.09. The minimum atomic E-state index is -4.53. The number of halogens is 3. The summed E-state index contributed by atoms with van der Waals surface area (Å²) in [6, 6.07) is 9.64. The predicted molar refractivity (Wildman–Crippen MR) is 74.8 cm³/mol.